The topological polar surface area (TPSA) is 78.5 Å². The average molecular weight is 368 g/mol. The van der Waals surface area contributed by atoms with E-state index in [4.69, 9.17) is 0 Å². The van der Waals surface area contributed by atoms with Crippen LogP contribution in [-0.2, 0) is 14.8 Å². The molecule has 1 atom stereocenters. The zero-order valence-corrected chi connectivity index (χ0v) is 16.1. The van der Waals surface area contributed by atoms with Crippen LogP contribution in [-0.4, -0.2) is 51.2 Å². The van der Waals surface area contributed by atoms with Gasteiger partial charge in [0.1, 0.15) is 0 Å². The van der Waals surface area contributed by atoms with Crippen LogP contribution in [0.25, 0.3) is 0 Å². The first kappa shape index (κ1) is 19.9. The molecular weight excluding hydrogens is 338 g/mol. The number of carbonyl (C=O) groups is 1. The fourth-order valence-electron chi connectivity index (χ4n) is 3.24. The maximum Gasteiger partial charge on any atom is 0.238 e. The molecule has 1 heterocycles. The van der Waals surface area contributed by atoms with Gasteiger partial charge in [0.25, 0.3) is 0 Å². The highest BCUT2D eigenvalue weighted by atomic mass is 32.2. The fraction of sp³-hybridized carbons (Fsp3) is 0.611. The van der Waals surface area contributed by atoms with Gasteiger partial charge in [0.05, 0.1) is 12.8 Å². The highest BCUT2D eigenvalue weighted by molar-refractivity contribution is 7.88. The molecule has 1 aliphatic rings. The summed E-state index contributed by atoms with van der Waals surface area (Å²) in [5.74, 6) is 0.276. The fourth-order valence-corrected chi connectivity index (χ4v) is 3.73. The molecule has 2 N–H and O–H groups in total. The minimum Gasteiger partial charge on any atom is -0.325 e. The summed E-state index contributed by atoms with van der Waals surface area (Å²) in [5, 5.41) is 3.01. The maximum atomic E-state index is 12.5. The molecule has 0 saturated carbocycles. The van der Waals surface area contributed by atoms with Crippen molar-refractivity contribution >= 4 is 21.6 Å². The molecule has 1 aromatic rings. The second kappa shape index (κ2) is 8.78. The molecule has 6 nitrogen and oxygen atoms in total. The molecule has 1 saturated heterocycles. The van der Waals surface area contributed by atoms with Gasteiger partial charge >= 0.3 is 0 Å². The van der Waals surface area contributed by atoms with E-state index in [1.54, 1.807) is 0 Å². The molecule has 0 unspecified atom stereocenters. The van der Waals surface area contributed by atoms with Gasteiger partial charge < -0.3 is 5.32 Å². The molecule has 0 aliphatic carbocycles. The predicted octanol–water partition coefficient (Wildman–Crippen LogP) is 2.15. The zero-order valence-electron chi connectivity index (χ0n) is 15.3. The quantitative estimate of drug-likeness (QED) is 0.774. The van der Waals surface area contributed by atoms with Gasteiger partial charge in [-0.05, 0) is 36.9 Å². The summed E-state index contributed by atoms with van der Waals surface area (Å²) < 4.78 is 25.2. The van der Waals surface area contributed by atoms with Crippen LogP contribution in [0, 0.1) is 0 Å². The van der Waals surface area contributed by atoms with Crippen LogP contribution in [0.5, 0.6) is 0 Å². The summed E-state index contributed by atoms with van der Waals surface area (Å²) in [6.07, 6.45) is 4.16. The van der Waals surface area contributed by atoms with Crippen molar-refractivity contribution in [3.63, 3.8) is 0 Å². The molecule has 25 heavy (non-hydrogen) atoms. The molecular formula is C18H29N3O3S. The Morgan fingerprint density at radius 2 is 2.00 bits per heavy atom. The number of hydrogen-bond acceptors (Lipinski definition) is 4. The van der Waals surface area contributed by atoms with E-state index in [0.717, 1.165) is 43.3 Å². The van der Waals surface area contributed by atoms with E-state index in [1.807, 2.05) is 24.3 Å². The minimum absolute atomic E-state index is 0.0562. The first-order valence-electron chi connectivity index (χ1n) is 8.83. The Morgan fingerprint density at radius 1 is 1.28 bits per heavy atom. The Bertz CT molecular complexity index is 689. The number of benzene rings is 1. The number of nitrogens with one attached hydrogen (secondary N) is 2. The van der Waals surface area contributed by atoms with Crippen molar-refractivity contribution in [1.82, 2.24) is 9.62 Å². The van der Waals surface area contributed by atoms with Gasteiger partial charge in [-0.15, -0.1) is 0 Å². The van der Waals surface area contributed by atoms with Crippen LogP contribution in [0.2, 0.25) is 0 Å². The molecule has 1 aromatic carbocycles. The van der Waals surface area contributed by atoms with E-state index < -0.39 is 10.0 Å². The van der Waals surface area contributed by atoms with Gasteiger partial charge in [-0.25, -0.2) is 13.1 Å². The molecule has 2 rings (SSSR count). The summed E-state index contributed by atoms with van der Waals surface area (Å²) in [6, 6.07) is 7.91. The van der Waals surface area contributed by atoms with Crippen molar-refractivity contribution in [1.29, 1.82) is 0 Å². The number of piperidine rings is 1. The van der Waals surface area contributed by atoms with E-state index in [1.165, 1.54) is 0 Å². The molecule has 0 spiro atoms. The second-order valence-electron chi connectivity index (χ2n) is 7.03. The highest BCUT2D eigenvalue weighted by Gasteiger charge is 2.25. The summed E-state index contributed by atoms with van der Waals surface area (Å²) in [4.78, 5) is 14.6. The second-order valence-corrected chi connectivity index (χ2v) is 8.86. The first-order valence-corrected chi connectivity index (χ1v) is 10.7. The lowest BCUT2D eigenvalue weighted by atomic mass is 10.0. The highest BCUT2D eigenvalue weighted by Crippen LogP contribution is 2.24. The lowest BCUT2D eigenvalue weighted by molar-refractivity contribution is -0.118. The monoisotopic (exact) mass is 367 g/mol. The summed E-state index contributed by atoms with van der Waals surface area (Å²) in [5.41, 5.74) is 1.97. The Kier molecular flexibility index (Phi) is 6.98. The van der Waals surface area contributed by atoms with E-state index in [-0.39, 0.29) is 18.5 Å². The van der Waals surface area contributed by atoms with Crippen LogP contribution in [0.4, 0.5) is 5.69 Å². The summed E-state index contributed by atoms with van der Waals surface area (Å²) in [7, 11) is -3.22. The third kappa shape index (κ3) is 6.41. The van der Waals surface area contributed by atoms with Crippen molar-refractivity contribution < 1.29 is 13.2 Å². The average Bonchev–Trinajstić information content (AvgIpc) is 2.53. The van der Waals surface area contributed by atoms with Crippen LogP contribution < -0.4 is 10.0 Å². The Labute approximate surface area is 151 Å². The Morgan fingerprint density at radius 3 is 2.68 bits per heavy atom. The standard InChI is InChI=1S/C18H29N3O3S/c1-14(2)16-9-4-5-10-17(16)20-18(22)13-21-11-7-6-8-15(21)12-19-25(3,23)24/h4-5,9-10,14-15,19H,6-8,11-13H2,1-3H3,(H,20,22)/t15-/m0/s1. The number of hydrogen-bond donors (Lipinski definition) is 2. The lowest BCUT2D eigenvalue weighted by Crippen LogP contribution is -2.49. The number of anilines is 1. The van der Waals surface area contributed by atoms with E-state index in [9.17, 15) is 13.2 Å². The van der Waals surface area contributed by atoms with Gasteiger partial charge in [0.15, 0.2) is 0 Å². The molecule has 0 aromatic heterocycles. The Balaban J connectivity index is 1.98. The molecule has 0 radical (unpaired) electrons. The van der Waals surface area contributed by atoms with E-state index in [0.29, 0.717) is 12.5 Å². The van der Waals surface area contributed by atoms with Crippen LogP contribution >= 0.6 is 0 Å². The number of sulfonamides is 1. The van der Waals surface area contributed by atoms with Crippen LogP contribution in [0.3, 0.4) is 0 Å². The number of rotatable bonds is 7. The van der Waals surface area contributed by atoms with Crippen molar-refractivity contribution in [3.8, 4) is 0 Å². The molecule has 1 fully saturated rings. The lowest BCUT2D eigenvalue weighted by Gasteiger charge is -2.35. The smallest absolute Gasteiger partial charge is 0.238 e. The van der Waals surface area contributed by atoms with Crippen molar-refractivity contribution in [3.05, 3.63) is 29.8 Å². The van der Waals surface area contributed by atoms with Crippen molar-refractivity contribution in [2.75, 3.05) is 31.2 Å². The molecule has 1 aliphatic heterocycles. The van der Waals surface area contributed by atoms with Crippen molar-refractivity contribution in [2.24, 2.45) is 0 Å². The van der Waals surface area contributed by atoms with Crippen LogP contribution in [0.1, 0.15) is 44.6 Å². The largest absolute Gasteiger partial charge is 0.325 e. The number of likely N-dealkylation sites (tertiary alicyclic amines) is 1. The third-order valence-electron chi connectivity index (χ3n) is 4.53. The van der Waals surface area contributed by atoms with Gasteiger partial charge in [-0.2, -0.15) is 0 Å². The minimum atomic E-state index is -3.22. The molecule has 1 amide bonds. The molecule has 140 valence electrons. The first-order chi connectivity index (χ1) is 11.8. The van der Waals surface area contributed by atoms with Gasteiger partial charge in [0.2, 0.25) is 15.9 Å². The maximum absolute atomic E-state index is 12.5. The van der Waals surface area contributed by atoms with Crippen LogP contribution in [0.15, 0.2) is 24.3 Å². The van der Waals surface area contributed by atoms with Gasteiger partial charge in [0, 0.05) is 18.3 Å². The number of amides is 1. The van der Waals surface area contributed by atoms with E-state index in [2.05, 4.69) is 28.8 Å². The molecule has 7 heteroatoms. The molecule has 0 bridgehead atoms. The normalized spacial score (nSPS) is 19.1. The van der Waals surface area contributed by atoms with E-state index >= 15 is 0 Å². The van der Waals surface area contributed by atoms with Gasteiger partial charge in [-0.1, -0.05) is 38.5 Å². The summed E-state index contributed by atoms with van der Waals surface area (Å²) >= 11 is 0. The predicted molar refractivity (Wildman–Crippen MR) is 101 cm³/mol. The van der Waals surface area contributed by atoms with Crippen molar-refractivity contribution in [2.45, 2.75) is 45.1 Å². The number of carbonyl (C=O) groups excluding carboxylic acids is 1. The third-order valence-corrected chi connectivity index (χ3v) is 5.22. The SMILES string of the molecule is CC(C)c1ccccc1NC(=O)CN1CCCC[C@H]1CNS(C)(=O)=O. The summed E-state index contributed by atoms with van der Waals surface area (Å²) in [6.45, 7) is 5.65. The van der Waals surface area contributed by atoms with Gasteiger partial charge in [-0.3, -0.25) is 9.69 Å². The Hall–Kier alpha value is -1.44. The zero-order chi connectivity index (χ0) is 18.4. The number of para-hydroxylation sites is 1. The number of nitrogens with zero attached hydrogens (tertiary/aromatic N) is 1.